The van der Waals surface area contributed by atoms with Crippen LogP contribution in [-0.4, -0.2) is 17.0 Å². The second-order valence-electron chi connectivity index (χ2n) is 3.61. The zero-order chi connectivity index (χ0) is 10.7. The highest BCUT2D eigenvalue weighted by molar-refractivity contribution is 5.27. The van der Waals surface area contributed by atoms with Gasteiger partial charge in [0.1, 0.15) is 5.82 Å². The van der Waals surface area contributed by atoms with Gasteiger partial charge in [0, 0.05) is 12.4 Å². The summed E-state index contributed by atoms with van der Waals surface area (Å²) in [6.07, 6.45) is 3.61. The third-order valence-electron chi connectivity index (χ3n) is 2.49. The van der Waals surface area contributed by atoms with E-state index in [0.717, 1.165) is 5.82 Å². The van der Waals surface area contributed by atoms with Gasteiger partial charge in [-0.1, -0.05) is 29.8 Å². The van der Waals surface area contributed by atoms with Crippen molar-refractivity contribution < 1.29 is 0 Å². The smallest absolute Gasteiger partial charge is 0.127 e. The van der Waals surface area contributed by atoms with Crippen LogP contribution >= 0.6 is 0 Å². The fraction of sp³-hybridized carbons (Fsp3) is 0.250. The standard InChI is InChI=1S/C12H15N3/c1-9-3-5-10(6-4-9)11(13-2)12-14-7-8-15-12/h3-8,11,13H,1-2H3,(H,14,15). The molecule has 1 atom stereocenters. The zero-order valence-corrected chi connectivity index (χ0v) is 8.99. The molecule has 1 aromatic heterocycles. The highest BCUT2D eigenvalue weighted by Gasteiger charge is 2.13. The van der Waals surface area contributed by atoms with Gasteiger partial charge in [0.2, 0.25) is 0 Å². The van der Waals surface area contributed by atoms with Crippen LogP contribution in [-0.2, 0) is 0 Å². The van der Waals surface area contributed by atoms with Crippen LogP contribution in [0.1, 0.15) is 23.0 Å². The van der Waals surface area contributed by atoms with Crippen molar-refractivity contribution >= 4 is 0 Å². The summed E-state index contributed by atoms with van der Waals surface area (Å²) in [5.41, 5.74) is 2.49. The maximum atomic E-state index is 4.27. The molecule has 0 saturated heterocycles. The van der Waals surface area contributed by atoms with Gasteiger partial charge >= 0.3 is 0 Å². The molecular formula is C12H15N3. The molecule has 0 aliphatic rings. The largest absolute Gasteiger partial charge is 0.347 e. The third kappa shape index (κ3) is 2.07. The predicted molar refractivity (Wildman–Crippen MR) is 60.7 cm³/mol. The highest BCUT2D eigenvalue weighted by Crippen LogP contribution is 2.18. The first-order valence-electron chi connectivity index (χ1n) is 5.04. The molecule has 0 bridgehead atoms. The van der Waals surface area contributed by atoms with Crippen molar-refractivity contribution in [3.8, 4) is 0 Å². The first-order valence-corrected chi connectivity index (χ1v) is 5.04. The van der Waals surface area contributed by atoms with Gasteiger partial charge in [0.05, 0.1) is 6.04 Å². The molecule has 0 amide bonds. The minimum Gasteiger partial charge on any atom is -0.347 e. The first-order chi connectivity index (χ1) is 7.31. The lowest BCUT2D eigenvalue weighted by Gasteiger charge is -2.14. The summed E-state index contributed by atoms with van der Waals surface area (Å²) in [5, 5.41) is 3.25. The van der Waals surface area contributed by atoms with Gasteiger partial charge in [-0.15, -0.1) is 0 Å². The average Bonchev–Trinajstić information content (AvgIpc) is 2.75. The summed E-state index contributed by atoms with van der Waals surface area (Å²) in [4.78, 5) is 7.40. The van der Waals surface area contributed by atoms with Crippen molar-refractivity contribution in [2.24, 2.45) is 0 Å². The molecule has 3 nitrogen and oxygen atoms in total. The van der Waals surface area contributed by atoms with Crippen LogP contribution in [0.5, 0.6) is 0 Å². The summed E-state index contributed by atoms with van der Waals surface area (Å²) in [5.74, 6) is 0.946. The van der Waals surface area contributed by atoms with Gasteiger partial charge in [-0.05, 0) is 19.5 Å². The molecule has 0 aliphatic carbocycles. The van der Waals surface area contributed by atoms with E-state index in [1.165, 1.54) is 11.1 Å². The predicted octanol–water partition coefficient (Wildman–Crippen LogP) is 2.03. The Morgan fingerprint density at radius 1 is 1.27 bits per heavy atom. The molecular weight excluding hydrogens is 186 g/mol. The molecule has 0 aliphatic heterocycles. The second kappa shape index (κ2) is 4.28. The highest BCUT2D eigenvalue weighted by atomic mass is 15.0. The summed E-state index contributed by atoms with van der Waals surface area (Å²) in [6.45, 7) is 2.09. The van der Waals surface area contributed by atoms with Crippen LogP contribution in [0, 0.1) is 6.92 Å². The number of benzene rings is 1. The topological polar surface area (TPSA) is 40.7 Å². The third-order valence-corrected chi connectivity index (χ3v) is 2.49. The van der Waals surface area contributed by atoms with Gasteiger partial charge in [-0.25, -0.2) is 4.98 Å². The van der Waals surface area contributed by atoms with Gasteiger partial charge < -0.3 is 10.3 Å². The van der Waals surface area contributed by atoms with Crippen molar-refractivity contribution in [1.82, 2.24) is 15.3 Å². The number of aryl methyl sites for hydroxylation is 1. The molecule has 3 heteroatoms. The Balaban J connectivity index is 2.31. The lowest BCUT2D eigenvalue weighted by Crippen LogP contribution is -2.18. The first kappa shape index (κ1) is 9.93. The van der Waals surface area contributed by atoms with Crippen LogP contribution in [0.4, 0.5) is 0 Å². The molecule has 2 rings (SSSR count). The van der Waals surface area contributed by atoms with Crippen LogP contribution in [0.3, 0.4) is 0 Å². The minimum atomic E-state index is 0.139. The molecule has 2 N–H and O–H groups in total. The lowest BCUT2D eigenvalue weighted by atomic mass is 10.1. The Kier molecular flexibility index (Phi) is 2.83. The van der Waals surface area contributed by atoms with Crippen molar-refractivity contribution in [2.45, 2.75) is 13.0 Å². The Bertz CT molecular complexity index is 403. The quantitative estimate of drug-likeness (QED) is 0.797. The molecule has 0 saturated carbocycles. The minimum absolute atomic E-state index is 0.139. The number of aromatic nitrogens is 2. The van der Waals surface area contributed by atoms with Gasteiger partial charge in [0.25, 0.3) is 0 Å². The van der Waals surface area contributed by atoms with E-state index in [2.05, 4.69) is 46.5 Å². The normalized spacial score (nSPS) is 12.7. The Morgan fingerprint density at radius 2 is 2.00 bits per heavy atom. The van der Waals surface area contributed by atoms with Crippen LogP contribution < -0.4 is 5.32 Å². The molecule has 1 unspecified atom stereocenters. The van der Waals surface area contributed by atoms with Gasteiger partial charge in [-0.3, -0.25) is 0 Å². The molecule has 15 heavy (non-hydrogen) atoms. The molecule has 0 fully saturated rings. The van der Waals surface area contributed by atoms with E-state index in [-0.39, 0.29) is 6.04 Å². The summed E-state index contributed by atoms with van der Waals surface area (Å²) >= 11 is 0. The maximum absolute atomic E-state index is 4.27. The molecule has 2 aromatic rings. The monoisotopic (exact) mass is 201 g/mol. The number of rotatable bonds is 3. The molecule has 1 aromatic carbocycles. The van der Waals surface area contributed by atoms with Crippen molar-refractivity contribution in [3.63, 3.8) is 0 Å². The number of imidazole rings is 1. The molecule has 78 valence electrons. The number of H-pyrrole nitrogens is 1. The SMILES string of the molecule is CNC(c1ccc(C)cc1)c1ncc[nH]1. The Morgan fingerprint density at radius 3 is 2.53 bits per heavy atom. The molecule has 1 heterocycles. The Hall–Kier alpha value is -1.61. The summed E-state index contributed by atoms with van der Waals surface area (Å²) < 4.78 is 0. The zero-order valence-electron chi connectivity index (χ0n) is 8.99. The van der Waals surface area contributed by atoms with E-state index in [1.807, 2.05) is 13.2 Å². The van der Waals surface area contributed by atoms with E-state index in [4.69, 9.17) is 0 Å². The van der Waals surface area contributed by atoms with Crippen molar-refractivity contribution in [2.75, 3.05) is 7.05 Å². The van der Waals surface area contributed by atoms with E-state index >= 15 is 0 Å². The summed E-state index contributed by atoms with van der Waals surface area (Å²) in [6, 6.07) is 8.61. The fourth-order valence-electron chi connectivity index (χ4n) is 1.66. The van der Waals surface area contributed by atoms with Crippen LogP contribution in [0.25, 0.3) is 0 Å². The number of hydrogen-bond donors (Lipinski definition) is 2. The van der Waals surface area contributed by atoms with E-state index in [0.29, 0.717) is 0 Å². The number of nitrogens with zero attached hydrogens (tertiary/aromatic N) is 1. The van der Waals surface area contributed by atoms with Crippen LogP contribution in [0.15, 0.2) is 36.7 Å². The van der Waals surface area contributed by atoms with E-state index in [1.54, 1.807) is 6.20 Å². The van der Waals surface area contributed by atoms with Crippen LogP contribution in [0.2, 0.25) is 0 Å². The van der Waals surface area contributed by atoms with Crippen molar-refractivity contribution in [1.29, 1.82) is 0 Å². The Labute approximate surface area is 89.6 Å². The number of hydrogen-bond acceptors (Lipinski definition) is 2. The van der Waals surface area contributed by atoms with Gasteiger partial charge in [-0.2, -0.15) is 0 Å². The molecule has 0 spiro atoms. The van der Waals surface area contributed by atoms with Gasteiger partial charge in [0.15, 0.2) is 0 Å². The number of aromatic amines is 1. The van der Waals surface area contributed by atoms with E-state index < -0.39 is 0 Å². The second-order valence-corrected chi connectivity index (χ2v) is 3.61. The van der Waals surface area contributed by atoms with E-state index in [9.17, 15) is 0 Å². The molecule has 0 radical (unpaired) electrons. The lowest BCUT2D eigenvalue weighted by molar-refractivity contribution is 0.655. The fourth-order valence-corrected chi connectivity index (χ4v) is 1.66. The van der Waals surface area contributed by atoms with Crippen molar-refractivity contribution in [3.05, 3.63) is 53.6 Å². The maximum Gasteiger partial charge on any atom is 0.127 e. The average molecular weight is 201 g/mol. The number of nitrogens with one attached hydrogen (secondary N) is 2. The summed E-state index contributed by atoms with van der Waals surface area (Å²) in [7, 11) is 1.94.